The van der Waals surface area contributed by atoms with Gasteiger partial charge in [-0.15, -0.1) is 0 Å². The van der Waals surface area contributed by atoms with E-state index in [-0.39, 0.29) is 6.04 Å². The Kier molecular flexibility index (Phi) is 9.06. The van der Waals surface area contributed by atoms with E-state index in [1.165, 1.54) is 19.3 Å². The van der Waals surface area contributed by atoms with Gasteiger partial charge in [0.05, 0.1) is 38.3 Å². The van der Waals surface area contributed by atoms with Gasteiger partial charge in [0.2, 0.25) is 0 Å². The average molecular weight is 444 g/mol. The molecular weight excluding hydrogens is 406 g/mol. The second kappa shape index (κ2) is 12.7. The zero-order valence-electron chi connectivity index (χ0n) is 19.0. The smallest absolute Gasteiger partial charge is 0.191 e. The van der Waals surface area contributed by atoms with Crippen molar-refractivity contribution < 1.29 is 13.6 Å². The lowest BCUT2D eigenvalue weighted by atomic mass is 10.1. The normalized spacial score (nSPS) is 19.7. The van der Waals surface area contributed by atoms with Crippen molar-refractivity contribution in [3.63, 3.8) is 0 Å². The van der Waals surface area contributed by atoms with E-state index in [4.69, 9.17) is 18.6 Å². The van der Waals surface area contributed by atoms with Gasteiger partial charge in [-0.25, -0.2) is 0 Å². The molecule has 8 heteroatoms. The zero-order chi connectivity index (χ0) is 21.8. The van der Waals surface area contributed by atoms with Crippen LogP contribution in [-0.2, 0) is 11.2 Å². The van der Waals surface area contributed by atoms with Crippen molar-refractivity contribution in [1.29, 1.82) is 0 Å². The first-order valence-electron chi connectivity index (χ1n) is 12.0. The number of ether oxygens (including phenoxy) is 1. The highest BCUT2D eigenvalue weighted by molar-refractivity contribution is 5.79. The van der Waals surface area contributed by atoms with Gasteiger partial charge >= 0.3 is 0 Å². The van der Waals surface area contributed by atoms with Crippen LogP contribution in [0.3, 0.4) is 0 Å². The molecule has 0 aromatic carbocycles. The maximum absolute atomic E-state index is 5.79. The summed E-state index contributed by atoms with van der Waals surface area (Å²) >= 11 is 0. The van der Waals surface area contributed by atoms with Crippen molar-refractivity contribution in [2.24, 2.45) is 4.99 Å². The number of morpholine rings is 1. The van der Waals surface area contributed by atoms with Crippen LogP contribution >= 0.6 is 0 Å². The van der Waals surface area contributed by atoms with Crippen molar-refractivity contribution in [3.8, 4) is 0 Å². The minimum atomic E-state index is 0.174. The molecule has 0 amide bonds. The summed E-state index contributed by atoms with van der Waals surface area (Å²) in [6, 6.07) is 8.16. The number of hydrogen-bond donors (Lipinski definition) is 2. The summed E-state index contributed by atoms with van der Waals surface area (Å²) in [6.07, 6.45) is 8.11. The van der Waals surface area contributed by atoms with E-state index in [2.05, 4.69) is 26.5 Å². The Balaban J connectivity index is 1.36. The third-order valence-electron chi connectivity index (χ3n) is 6.19. The number of nitrogens with one attached hydrogen (secondary N) is 2. The molecule has 0 aliphatic carbocycles. The molecule has 2 aliphatic rings. The monoisotopic (exact) mass is 443 g/mol. The Morgan fingerprint density at radius 1 is 0.938 bits per heavy atom. The lowest BCUT2D eigenvalue weighted by Crippen LogP contribution is -2.45. The maximum atomic E-state index is 5.79. The molecule has 0 bridgehead atoms. The highest BCUT2D eigenvalue weighted by Crippen LogP contribution is 2.25. The van der Waals surface area contributed by atoms with E-state index >= 15 is 0 Å². The van der Waals surface area contributed by atoms with Crippen molar-refractivity contribution in [2.75, 3.05) is 65.6 Å². The molecule has 8 nitrogen and oxygen atoms in total. The molecule has 32 heavy (non-hydrogen) atoms. The molecule has 2 N–H and O–H groups in total. The first kappa shape index (κ1) is 22.9. The summed E-state index contributed by atoms with van der Waals surface area (Å²) in [5, 5.41) is 7.01. The van der Waals surface area contributed by atoms with Gasteiger partial charge < -0.3 is 24.2 Å². The summed E-state index contributed by atoms with van der Waals surface area (Å²) in [5.41, 5.74) is 0. The van der Waals surface area contributed by atoms with Crippen LogP contribution in [0.1, 0.15) is 36.8 Å². The third-order valence-corrected chi connectivity index (χ3v) is 6.19. The van der Waals surface area contributed by atoms with Gasteiger partial charge in [-0.05, 0) is 50.2 Å². The van der Waals surface area contributed by atoms with Gasteiger partial charge in [-0.1, -0.05) is 6.42 Å². The van der Waals surface area contributed by atoms with Crippen LogP contribution in [0.2, 0.25) is 0 Å². The summed E-state index contributed by atoms with van der Waals surface area (Å²) in [4.78, 5) is 9.92. The van der Waals surface area contributed by atoms with Crippen LogP contribution in [-0.4, -0.2) is 81.3 Å². The Morgan fingerprint density at radius 3 is 2.47 bits per heavy atom. The van der Waals surface area contributed by atoms with Gasteiger partial charge in [0, 0.05) is 39.1 Å². The predicted octanol–water partition coefficient (Wildman–Crippen LogP) is 2.51. The fourth-order valence-electron chi connectivity index (χ4n) is 4.36. The number of rotatable bonds is 10. The molecule has 176 valence electrons. The van der Waals surface area contributed by atoms with Crippen LogP contribution < -0.4 is 10.6 Å². The van der Waals surface area contributed by atoms with Crippen LogP contribution in [0.25, 0.3) is 0 Å². The Morgan fingerprint density at radius 2 is 1.72 bits per heavy atom. The average Bonchev–Trinajstić information content (AvgIpc) is 3.55. The molecule has 1 atom stereocenters. The van der Waals surface area contributed by atoms with E-state index in [1.807, 2.05) is 18.2 Å². The number of nitrogens with zero attached hydrogens (tertiary/aromatic N) is 3. The predicted molar refractivity (Wildman–Crippen MR) is 125 cm³/mol. The van der Waals surface area contributed by atoms with E-state index in [0.717, 1.165) is 82.9 Å². The van der Waals surface area contributed by atoms with Crippen LogP contribution in [0.15, 0.2) is 50.6 Å². The van der Waals surface area contributed by atoms with E-state index in [9.17, 15) is 0 Å². The fourth-order valence-corrected chi connectivity index (χ4v) is 4.36. The standard InChI is InChI=1S/C24H37N5O3/c1-2-11-29(12-3-1)22(23-7-5-17-32-23)20-27-24(25-9-8-21-6-4-16-31-21)26-10-13-28-14-18-30-19-15-28/h4-7,16-17,22H,1-3,8-15,18-20H2,(H2,25,26,27). The van der Waals surface area contributed by atoms with E-state index in [0.29, 0.717) is 6.54 Å². The molecule has 2 aromatic rings. The largest absolute Gasteiger partial charge is 0.469 e. The maximum Gasteiger partial charge on any atom is 0.191 e. The lowest BCUT2D eigenvalue weighted by molar-refractivity contribution is 0.0389. The SMILES string of the molecule is c1coc(CCNC(=NCC(c2ccco2)N2CCCCC2)NCCN2CCOCC2)c1. The molecule has 2 aromatic heterocycles. The quantitative estimate of drug-likeness (QED) is 0.431. The first-order valence-corrected chi connectivity index (χ1v) is 12.0. The minimum absolute atomic E-state index is 0.174. The zero-order valence-corrected chi connectivity index (χ0v) is 19.0. The van der Waals surface area contributed by atoms with Crippen LogP contribution in [0.5, 0.6) is 0 Å². The fraction of sp³-hybridized carbons (Fsp3) is 0.625. The van der Waals surface area contributed by atoms with Gasteiger partial charge in [-0.3, -0.25) is 14.8 Å². The van der Waals surface area contributed by atoms with E-state index < -0.39 is 0 Å². The second-order valence-electron chi connectivity index (χ2n) is 8.45. The summed E-state index contributed by atoms with van der Waals surface area (Å²) < 4.78 is 16.7. The van der Waals surface area contributed by atoms with Crippen molar-refractivity contribution >= 4 is 5.96 Å². The van der Waals surface area contributed by atoms with Gasteiger partial charge in [0.1, 0.15) is 11.5 Å². The first-order chi connectivity index (χ1) is 15.9. The number of likely N-dealkylation sites (tertiary alicyclic amines) is 1. The van der Waals surface area contributed by atoms with Crippen LogP contribution in [0, 0.1) is 0 Å². The Labute approximate surface area is 191 Å². The molecule has 2 saturated heterocycles. The molecule has 2 aliphatic heterocycles. The molecule has 4 heterocycles. The lowest BCUT2D eigenvalue weighted by Gasteiger charge is -2.32. The number of hydrogen-bond acceptors (Lipinski definition) is 6. The topological polar surface area (TPSA) is 78.4 Å². The molecule has 0 saturated carbocycles. The number of guanidine groups is 1. The highest BCUT2D eigenvalue weighted by Gasteiger charge is 2.24. The Bertz CT molecular complexity index is 766. The van der Waals surface area contributed by atoms with Gasteiger partial charge in [0.25, 0.3) is 0 Å². The van der Waals surface area contributed by atoms with Gasteiger partial charge in [0.15, 0.2) is 5.96 Å². The molecule has 2 fully saturated rings. The molecule has 0 radical (unpaired) electrons. The van der Waals surface area contributed by atoms with Crippen molar-refractivity contribution in [3.05, 3.63) is 48.3 Å². The third kappa shape index (κ3) is 7.12. The molecule has 0 spiro atoms. The molecule has 4 rings (SSSR count). The minimum Gasteiger partial charge on any atom is -0.469 e. The molecular formula is C24H37N5O3. The summed E-state index contributed by atoms with van der Waals surface area (Å²) in [6.45, 7) is 9.11. The van der Waals surface area contributed by atoms with Crippen LogP contribution in [0.4, 0.5) is 0 Å². The molecule has 1 unspecified atom stereocenters. The second-order valence-corrected chi connectivity index (χ2v) is 8.45. The number of furan rings is 2. The van der Waals surface area contributed by atoms with Crippen molar-refractivity contribution in [1.82, 2.24) is 20.4 Å². The highest BCUT2D eigenvalue weighted by atomic mass is 16.5. The van der Waals surface area contributed by atoms with E-state index in [1.54, 1.807) is 12.5 Å². The number of aliphatic imine (C=N–C) groups is 1. The number of piperidine rings is 1. The van der Waals surface area contributed by atoms with Gasteiger partial charge in [-0.2, -0.15) is 0 Å². The summed E-state index contributed by atoms with van der Waals surface area (Å²) in [5.74, 6) is 2.82. The van der Waals surface area contributed by atoms with Crippen molar-refractivity contribution in [2.45, 2.75) is 31.7 Å². The summed E-state index contributed by atoms with van der Waals surface area (Å²) in [7, 11) is 0. The Hall–Kier alpha value is -2.29.